The van der Waals surface area contributed by atoms with Gasteiger partial charge in [0.1, 0.15) is 11.6 Å². The number of nitrogens with one attached hydrogen (secondary N) is 3. The summed E-state index contributed by atoms with van der Waals surface area (Å²) in [5, 5.41) is 29.0. The molecule has 0 radical (unpaired) electrons. The molecule has 6 rings (SSSR count). The Bertz CT molecular complexity index is 936. The first-order valence-corrected chi connectivity index (χ1v) is 10.2. The minimum absolute atomic E-state index is 0.0117. The van der Waals surface area contributed by atoms with E-state index >= 15 is 0 Å². The van der Waals surface area contributed by atoms with Gasteiger partial charge in [0.2, 0.25) is 5.82 Å². The number of rotatable bonds is 5. The number of allylic oxidation sites excluding steroid dienone is 1. The molecule has 1 aromatic heterocycles. The number of nitrogens with zero attached hydrogens (tertiary/aromatic N) is 4. The predicted molar refractivity (Wildman–Crippen MR) is 106 cm³/mol. The summed E-state index contributed by atoms with van der Waals surface area (Å²) >= 11 is 0. The number of nitriles is 1. The van der Waals surface area contributed by atoms with Gasteiger partial charge in [0.25, 0.3) is 5.91 Å². The lowest BCUT2D eigenvalue weighted by Crippen LogP contribution is -2.59. The highest BCUT2D eigenvalue weighted by Gasteiger charge is 2.51. The Labute approximate surface area is 168 Å². The van der Waals surface area contributed by atoms with Crippen LogP contribution in [0.1, 0.15) is 54.7 Å². The molecule has 0 unspecified atom stereocenters. The van der Waals surface area contributed by atoms with Crippen molar-refractivity contribution >= 4 is 17.2 Å². The zero-order valence-corrected chi connectivity index (χ0v) is 16.1. The molecule has 4 aliphatic rings. The van der Waals surface area contributed by atoms with E-state index in [0.717, 1.165) is 42.7 Å². The zero-order valence-electron chi connectivity index (χ0n) is 16.1. The van der Waals surface area contributed by atoms with Crippen LogP contribution >= 0.6 is 0 Å². The van der Waals surface area contributed by atoms with Crippen molar-refractivity contribution in [3.63, 3.8) is 0 Å². The Balaban J connectivity index is 1.25. The van der Waals surface area contributed by atoms with Gasteiger partial charge < -0.3 is 10.6 Å². The molecule has 4 fully saturated rings. The predicted octanol–water partition coefficient (Wildman–Crippen LogP) is 2.87. The van der Waals surface area contributed by atoms with Crippen molar-refractivity contribution in [2.75, 3.05) is 5.32 Å². The van der Waals surface area contributed by atoms with E-state index in [-0.39, 0.29) is 22.8 Å². The largest absolute Gasteiger partial charge is 0.360 e. The molecule has 4 bridgehead atoms. The lowest BCUT2D eigenvalue weighted by atomic mass is 9.53. The van der Waals surface area contributed by atoms with Crippen molar-refractivity contribution in [2.45, 2.75) is 44.1 Å². The first-order valence-electron chi connectivity index (χ1n) is 10.2. The normalized spacial score (nSPS) is 30.0. The number of hydrogen-bond acceptors (Lipinski definition) is 6. The van der Waals surface area contributed by atoms with Gasteiger partial charge in [-0.15, -0.1) is 10.2 Å². The summed E-state index contributed by atoms with van der Waals surface area (Å²) in [6, 6.07) is 9.31. The third kappa shape index (κ3) is 3.48. The molecular weight excluding hydrogens is 366 g/mol. The number of H-pyrrole nitrogens is 1. The summed E-state index contributed by atoms with van der Waals surface area (Å²) < 4.78 is 0. The van der Waals surface area contributed by atoms with Gasteiger partial charge in [-0.25, -0.2) is 0 Å². The second-order valence-corrected chi connectivity index (χ2v) is 8.78. The monoisotopic (exact) mass is 389 g/mol. The molecule has 1 amide bonds. The number of tetrazole rings is 1. The van der Waals surface area contributed by atoms with Crippen LogP contribution in [0.3, 0.4) is 0 Å². The van der Waals surface area contributed by atoms with Crippen LogP contribution in [0.5, 0.6) is 0 Å². The van der Waals surface area contributed by atoms with Gasteiger partial charge in [0.15, 0.2) is 0 Å². The van der Waals surface area contributed by atoms with Crippen LogP contribution in [0.15, 0.2) is 30.5 Å². The van der Waals surface area contributed by atoms with E-state index < -0.39 is 0 Å². The van der Waals surface area contributed by atoms with E-state index in [1.54, 1.807) is 0 Å². The number of carbonyl (C=O) groups excluding carboxylic acids is 1. The summed E-state index contributed by atoms with van der Waals surface area (Å²) in [6.45, 7) is 0. The van der Waals surface area contributed by atoms with Crippen molar-refractivity contribution in [2.24, 2.45) is 17.8 Å². The number of hydrogen-bond donors (Lipinski definition) is 3. The molecule has 2 aromatic rings. The SMILES string of the molecule is N#CC(=CNc1ccc(C(=O)NC23CC4CC(CC(C4)C2)C3)cc1)c1nn[nH]n1. The van der Waals surface area contributed by atoms with Crippen LogP contribution in [-0.4, -0.2) is 32.1 Å². The molecule has 8 heteroatoms. The number of amides is 1. The van der Waals surface area contributed by atoms with E-state index in [2.05, 4.69) is 31.3 Å². The Hall–Kier alpha value is -3.21. The third-order valence-corrected chi connectivity index (χ3v) is 6.65. The number of aromatic amines is 1. The van der Waals surface area contributed by atoms with Gasteiger partial charge >= 0.3 is 0 Å². The first-order chi connectivity index (χ1) is 14.1. The van der Waals surface area contributed by atoms with Gasteiger partial charge in [-0.2, -0.15) is 10.5 Å². The highest BCUT2D eigenvalue weighted by atomic mass is 16.1. The van der Waals surface area contributed by atoms with Crippen molar-refractivity contribution in [1.82, 2.24) is 25.9 Å². The fraction of sp³-hybridized carbons (Fsp3) is 0.476. The minimum Gasteiger partial charge on any atom is -0.360 e. The van der Waals surface area contributed by atoms with Gasteiger partial charge in [0, 0.05) is 23.0 Å². The van der Waals surface area contributed by atoms with E-state index in [1.807, 2.05) is 30.3 Å². The van der Waals surface area contributed by atoms with Crippen LogP contribution < -0.4 is 10.6 Å². The van der Waals surface area contributed by atoms with Gasteiger partial charge in [-0.05, 0) is 85.8 Å². The zero-order chi connectivity index (χ0) is 19.8. The highest BCUT2D eigenvalue weighted by Crippen LogP contribution is 2.55. The van der Waals surface area contributed by atoms with E-state index in [0.29, 0.717) is 5.56 Å². The van der Waals surface area contributed by atoms with Crippen molar-refractivity contribution in [1.29, 1.82) is 5.26 Å². The Kier molecular flexibility index (Phi) is 4.31. The second kappa shape index (κ2) is 6.99. The maximum Gasteiger partial charge on any atom is 0.251 e. The van der Waals surface area contributed by atoms with Crippen molar-refractivity contribution in [3.05, 3.63) is 41.9 Å². The highest BCUT2D eigenvalue weighted by molar-refractivity contribution is 5.95. The second-order valence-electron chi connectivity index (χ2n) is 8.78. The van der Waals surface area contributed by atoms with Crippen molar-refractivity contribution in [3.8, 4) is 6.07 Å². The average molecular weight is 389 g/mol. The first kappa shape index (κ1) is 17.9. The maximum absolute atomic E-state index is 12.9. The summed E-state index contributed by atoms with van der Waals surface area (Å²) in [6.07, 6.45) is 9.02. The van der Waals surface area contributed by atoms with Crippen LogP contribution in [0, 0.1) is 29.1 Å². The fourth-order valence-corrected chi connectivity index (χ4v) is 5.87. The molecular formula is C21H23N7O. The van der Waals surface area contributed by atoms with Crippen LogP contribution in [0.2, 0.25) is 0 Å². The van der Waals surface area contributed by atoms with E-state index in [4.69, 9.17) is 0 Å². The Morgan fingerprint density at radius 1 is 1.14 bits per heavy atom. The molecule has 4 saturated carbocycles. The lowest BCUT2D eigenvalue weighted by Gasteiger charge is -2.56. The molecule has 0 aliphatic heterocycles. The summed E-state index contributed by atoms with van der Waals surface area (Å²) in [5.74, 6) is 2.64. The van der Waals surface area contributed by atoms with Crippen LogP contribution in [0.25, 0.3) is 5.57 Å². The maximum atomic E-state index is 12.9. The van der Waals surface area contributed by atoms with Gasteiger partial charge in [-0.3, -0.25) is 4.79 Å². The molecule has 1 heterocycles. The number of benzene rings is 1. The number of anilines is 1. The van der Waals surface area contributed by atoms with Crippen LogP contribution in [-0.2, 0) is 0 Å². The molecule has 0 atom stereocenters. The molecule has 8 nitrogen and oxygen atoms in total. The molecule has 0 saturated heterocycles. The fourth-order valence-electron chi connectivity index (χ4n) is 5.87. The summed E-state index contributed by atoms with van der Waals surface area (Å²) in [4.78, 5) is 12.9. The molecule has 3 N–H and O–H groups in total. The summed E-state index contributed by atoms with van der Waals surface area (Å²) in [5.41, 5.74) is 1.71. The van der Waals surface area contributed by atoms with Crippen molar-refractivity contribution < 1.29 is 4.79 Å². The minimum atomic E-state index is 0.0117. The average Bonchev–Trinajstić information content (AvgIpc) is 3.22. The summed E-state index contributed by atoms with van der Waals surface area (Å²) in [7, 11) is 0. The quantitative estimate of drug-likeness (QED) is 0.677. The third-order valence-electron chi connectivity index (χ3n) is 6.65. The molecule has 1 aromatic carbocycles. The van der Waals surface area contributed by atoms with E-state index in [1.165, 1.54) is 25.5 Å². The van der Waals surface area contributed by atoms with Crippen LogP contribution in [0.4, 0.5) is 5.69 Å². The standard InChI is InChI=1S/C21H23N7O/c22-11-17(19-25-27-28-26-19)12-23-18-3-1-16(2-4-18)20(29)24-21-8-13-5-14(9-21)7-15(6-13)10-21/h1-4,12-15,23H,5-10H2,(H,24,29)(H,25,26,27,28). The number of carbonyl (C=O) groups is 1. The molecule has 0 spiro atoms. The Morgan fingerprint density at radius 3 is 2.34 bits per heavy atom. The lowest BCUT2D eigenvalue weighted by molar-refractivity contribution is -0.0167. The number of aromatic nitrogens is 4. The topological polar surface area (TPSA) is 119 Å². The van der Waals surface area contributed by atoms with Gasteiger partial charge in [-0.1, -0.05) is 0 Å². The molecule has 29 heavy (non-hydrogen) atoms. The van der Waals surface area contributed by atoms with Gasteiger partial charge in [0.05, 0.1) is 0 Å². The smallest absolute Gasteiger partial charge is 0.251 e. The molecule has 148 valence electrons. The molecule has 4 aliphatic carbocycles. The van der Waals surface area contributed by atoms with E-state index in [9.17, 15) is 10.1 Å². The Morgan fingerprint density at radius 2 is 1.79 bits per heavy atom.